The Morgan fingerprint density at radius 2 is 1.98 bits per heavy atom. The van der Waals surface area contributed by atoms with E-state index in [-0.39, 0.29) is 5.91 Å². The fraction of sp³-hybridized carbons (Fsp3) is 0.543. The number of ether oxygens (including phenoxy) is 2. The smallest absolute Gasteiger partial charge is 0.246 e. The molecular formula is C35H45N5O3. The summed E-state index contributed by atoms with van der Waals surface area (Å²) in [5.41, 5.74) is 6.09. The van der Waals surface area contributed by atoms with Gasteiger partial charge in [-0.3, -0.25) is 9.69 Å². The molecule has 8 nitrogen and oxygen atoms in total. The van der Waals surface area contributed by atoms with E-state index in [4.69, 9.17) is 20.9 Å². The summed E-state index contributed by atoms with van der Waals surface area (Å²) in [6, 6.07) is 7.25. The maximum atomic E-state index is 12.6. The number of pyridine rings is 1. The number of fused-ring (bicyclic) bond motifs is 2. The number of rotatable bonds is 8. The van der Waals surface area contributed by atoms with Crippen molar-refractivity contribution in [2.45, 2.75) is 63.5 Å². The second-order valence-corrected chi connectivity index (χ2v) is 12.6. The first-order valence-electron chi connectivity index (χ1n) is 15.9. The minimum Gasteiger partial charge on any atom is -0.486 e. The number of amides is 1. The fourth-order valence-corrected chi connectivity index (χ4v) is 7.00. The first-order valence-corrected chi connectivity index (χ1v) is 15.9. The Labute approximate surface area is 256 Å². The molecule has 0 spiro atoms. The van der Waals surface area contributed by atoms with Crippen molar-refractivity contribution in [2.75, 3.05) is 64.8 Å². The molecule has 0 saturated carbocycles. The number of likely N-dealkylation sites (N-methyl/N-ethyl adjacent to an activating group) is 1. The normalized spacial score (nSPS) is 20.1. The molecule has 4 aliphatic heterocycles. The number of piperidine rings is 1. The zero-order chi connectivity index (χ0) is 29.8. The van der Waals surface area contributed by atoms with Crippen molar-refractivity contribution in [3.63, 3.8) is 0 Å². The molecule has 1 amide bonds. The number of nitrogens with zero attached hydrogens (tertiary/aromatic N) is 4. The van der Waals surface area contributed by atoms with Crippen LogP contribution in [-0.4, -0.2) is 91.2 Å². The van der Waals surface area contributed by atoms with E-state index in [9.17, 15) is 4.79 Å². The zero-order valence-electron chi connectivity index (χ0n) is 25.7. The molecular weight excluding hydrogens is 538 g/mol. The van der Waals surface area contributed by atoms with Gasteiger partial charge in [-0.2, -0.15) is 0 Å². The Kier molecular flexibility index (Phi) is 9.32. The monoisotopic (exact) mass is 583 g/mol. The number of aryl methyl sites for hydroxylation is 1. The van der Waals surface area contributed by atoms with Gasteiger partial charge in [0.25, 0.3) is 0 Å². The van der Waals surface area contributed by atoms with Crippen molar-refractivity contribution >= 4 is 17.4 Å². The molecule has 4 aliphatic rings. The summed E-state index contributed by atoms with van der Waals surface area (Å²) >= 11 is 0. The molecule has 1 N–H and O–H groups in total. The van der Waals surface area contributed by atoms with Crippen molar-refractivity contribution in [1.29, 1.82) is 0 Å². The third kappa shape index (κ3) is 6.75. The van der Waals surface area contributed by atoms with Gasteiger partial charge in [-0.05, 0) is 93.4 Å². The largest absolute Gasteiger partial charge is 0.486 e. The second kappa shape index (κ2) is 13.5. The Balaban J connectivity index is 1.03. The van der Waals surface area contributed by atoms with Crippen LogP contribution in [0, 0.1) is 19.3 Å². The third-order valence-corrected chi connectivity index (χ3v) is 9.67. The van der Waals surface area contributed by atoms with Crippen LogP contribution in [0.2, 0.25) is 0 Å². The Bertz CT molecular complexity index is 1360. The summed E-state index contributed by atoms with van der Waals surface area (Å²) in [5, 5.41) is 3.66. The van der Waals surface area contributed by atoms with Crippen LogP contribution in [0.15, 0.2) is 36.5 Å². The summed E-state index contributed by atoms with van der Waals surface area (Å²) < 4.78 is 12.1. The number of aromatic nitrogens is 1. The molecule has 1 aromatic carbocycles. The molecule has 1 aromatic heterocycles. The van der Waals surface area contributed by atoms with Crippen molar-refractivity contribution < 1.29 is 14.3 Å². The van der Waals surface area contributed by atoms with Crippen LogP contribution in [0.5, 0.6) is 5.75 Å². The van der Waals surface area contributed by atoms with Gasteiger partial charge in [-0.15, -0.1) is 12.3 Å². The summed E-state index contributed by atoms with van der Waals surface area (Å²) in [6.07, 6.45) is 16.0. The first-order chi connectivity index (χ1) is 21.0. The fourth-order valence-electron chi connectivity index (χ4n) is 7.00. The number of nitrogens with one attached hydrogen (secondary N) is 1. The molecule has 0 bridgehead atoms. The van der Waals surface area contributed by atoms with Crippen LogP contribution in [0.4, 0.5) is 11.5 Å². The predicted octanol–water partition coefficient (Wildman–Crippen LogP) is 4.82. The van der Waals surface area contributed by atoms with Gasteiger partial charge in [0.15, 0.2) is 0 Å². The third-order valence-electron chi connectivity index (χ3n) is 9.67. The number of anilines is 2. The zero-order valence-corrected chi connectivity index (χ0v) is 25.7. The van der Waals surface area contributed by atoms with Crippen LogP contribution in [0.1, 0.15) is 66.2 Å². The molecule has 3 fully saturated rings. The highest BCUT2D eigenvalue weighted by molar-refractivity contribution is 5.88. The van der Waals surface area contributed by atoms with Gasteiger partial charge >= 0.3 is 0 Å². The molecule has 228 valence electrons. The van der Waals surface area contributed by atoms with Gasteiger partial charge in [0.1, 0.15) is 18.2 Å². The quantitative estimate of drug-likeness (QED) is 0.353. The lowest BCUT2D eigenvalue weighted by molar-refractivity contribution is -0.133. The van der Waals surface area contributed by atoms with Crippen molar-refractivity contribution in [3.8, 4) is 18.1 Å². The molecule has 0 atom stereocenters. The van der Waals surface area contributed by atoms with Crippen LogP contribution < -0.4 is 10.1 Å². The molecule has 5 heterocycles. The Morgan fingerprint density at radius 1 is 1.19 bits per heavy atom. The SMILES string of the molecule is C#CCCN(C)C/C=C/C(=O)N1CC(N2CCC(c3cc(C)c4c(c3)Nc3nccc(C5CCOCC5)c3CO4)CC2)C1. The van der Waals surface area contributed by atoms with Crippen LogP contribution in [-0.2, 0) is 16.1 Å². The number of likely N-dealkylation sites (tertiary alicyclic amines) is 2. The van der Waals surface area contributed by atoms with Gasteiger partial charge < -0.3 is 24.6 Å². The molecule has 0 aliphatic carbocycles. The van der Waals surface area contributed by atoms with E-state index in [1.165, 1.54) is 22.3 Å². The molecule has 43 heavy (non-hydrogen) atoms. The lowest BCUT2D eigenvalue weighted by atomic mass is 9.87. The number of carbonyl (C=O) groups is 1. The number of carbonyl (C=O) groups excluding carboxylic acids is 1. The average Bonchev–Trinajstić information content (AvgIpc) is 3.20. The van der Waals surface area contributed by atoms with E-state index < -0.39 is 0 Å². The van der Waals surface area contributed by atoms with Gasteiger partial charge in [0.2, 0.25) is 5.91 Å². The molecule has 6 rings (SSSR count). The van der Waals surface area contributed by atoms with Crippen molar-refractivity contribution in [2.24, 2.45) is 0 Å². The number of hydrogen-bond acceptors (Lipinski definition) is 7. The number of benzene rings is 1. The van der Waals surface area contributed by atoms with Crippen LogP contribution >= 0.6 is 0 Å². The van der Waals surface area contributed by atoms with E-state index >= 15 is 0 Å². The van der Waals surface area contributed by atoms with Crippen LogP contribution in [0.25, 0.3) is 0 Å². The summed E-state index contributed by atoms with van der Waals surface area (Å²) in [7, 11) is 2.02. The van der Waals surface area contributed by atoms with Crippen molar-refractivity contribution in [1.82, 2.24) is 19.7 Å². The highest BCUT2D eigenvalue weighted by Gasteiger charge is 2.36. The minimum absolute atomic E-state index is 0.114. The highest BCUT2D eigenvalue weighted by Crippen LogP contribution is 2.42. The first kappa shape index (κ1) is 29.7. The number of terminal acetylenes is 1. The summed E-state index contributed by atoms with van der Waals surface area (Å²) in [6.45, 7) is 9.68. The predicted molar refractivity (Wildman–Crippen MR) is 170 cm³/mol. The topological polar surface area (TPSA) is 70.2 Å². The van der Waals surface area contributed by atoms with Gasteiger partial charge in [0, 0.05) is 69.7 Å². The Morgan fingerprint density at radius 3 is 2.74 bits per heavy atom. The minimum atomic E-state index is 0.114. The maximum Gasteiger partial charge on any atom is 0.246 e. The van der Waals surface area contributed by atoms with Gasteiger partial charge in [-0.1, -0.05) is 12.1 Å². The average molecular weight is 584 g/mol. The standard InChI is InChI=1S/C35H45N5O3/c1-4-5-14-38(3)15-6-7-33(41)40-22-29(23-40)39-16-9-26(10-17-39)28-20-25(2)34-32(21-28)37-35-31(24-43-34)30(8-13-36-35)27-11-18-42-19-12-27/h1,6-8,13,20-21,26-27,29H,5,9-12,14-19,22-24H2,2-3H3,(H,36,37)/b7-6+. The highest BCUT2D eigenvalue weighted by atomic mass is 16.5. The molecule has 0 unspecified atom stereocenters. The maximum absolute atomic E-state index is 12.6. The van der Waals surface area contributed by atoms with E-state index in [1.807, 2.05) is 24.2 Å². The lowest BCUT2D eigenvalue weighted by Gasteiger charge is -2.47. The van der Waals surface area contributed by atoms with Gasteiger partial charge in [0.05, 0.1) is 5.69 Å². The summed E-state index contributed by atoms with van der Waals surface area (Å²) in [4.78, 5) is 24.0. The Hall–Kier alpha value is -3.38. The number of hydrogen-bond donors (Lipinski definition) is 1. The lowest BCUT2D eigenvalue weighted by Crippen LogP contribution is -2.61. The molecule has 8 heteroatoms. The molecule has 3 saturated heterocycles. The van der Waals surface area contributed by atoms with E-state index in [2.05, 4.69) is 46.2 Å². The molecule has 2 aromatic rings. The van der Waals surface area contributed by atoms with E-state index in [1.54, 1.807) is 6.08 Å². The molecule has 0 radical (unpaired) electrons. The summed E-state index contributed by atoms with van der Waals surface area (Å²) in [5.74, 6) is 5.63. The van der Waals surface area contributed by atoms with Crippen molar-refractivity contribution in [3.05, 3.63) is 58.8 Å². The second-order valence-electron chi connectivity index (χ2n) is 12.6. The van der Waals surface area contributed by atoms with Gasteiger partial charge in [-0.25, -0.2) is 4.98 Å². The van der Waals surface area contributed by atoms with E-state index in [0.29, 0.717) is 24.5 Å². The van der Waals surface area contributed by atoms with Crippen LogP contribution in [0.3, 0.4) is 0 Å². The van der Waals surface area contributed by atoms with E-state index in [0.717, 1.165) is 102 Å².